The highest BCUT2D eigenvalue weighted by Gasteiger charge is 2.18. The second-order valence-electron chi connectivity index (χ2n) is 24.9. The van der Waals surface area contributed by atoms with Crippen LogP contribution in [0.25, 0.3) is 0 Å². The number of unbranched alkanes of at least 4 members (excludes halogenated alkanes) is 55. The summed E-state index contributed by atoms with van der Waals surface area (Å²) in [5.41, 5.74) is 0. The van der Waals surface area contributed by atoms with Crippen LogP contribution in [0.4, 0.5) is 0 Å². The van der Waals surface area contributed by atoms with Gasteiger partial charge < -0.3 is 20.3 Å². The molecule has 3 N–H and O–H groups in total. The Balaban J connectivity index is 3.37. The number of aliphatic hydroxyl groups is 2. The number of ether oxygens (including phenoxy) is 1. The van der Waals surface area contributed by atoms with E-state index in [9.17, 15) is 19.8 Å². The maximum Gasteiger partial charge on any atom is 0.305 e. The number of hydrogen-bond acceptors (Lipinski definition) is 5. The van der Waals surface area contributed by atoms with E-state index >= 15 is 0 Å². The van der Waals surface area contributed by atoms with Crippen molar-refractivity contribution >= 4 is 11.9 Å². The van der Waals surface area contributed by atoms with Gasteiger partial charge in [-0.2, -0.15) is 0 Å². The first-order valence-corrected chi connectivity index (χ1v) is 36.1. The van der Waals surface area contributed by atoms with E-state index in [-0.39, 0.29) is 18.5 Å². The van der Waals surface area contributed by atoms with Gasteiger partial charge in [0.15, 0.2) is 0 Å². The van der Waals surface area contributed by atoms with Gasteiger partial charge in [-0.1, -0.05) is 359 Å². The molecule has 0 aromatic carbocycles. The van der Waals surface area contributed by atoms with E-state index in [1.165, 1.54) is 340 Å². The summed E-state index contributed by atoms with van der Waals surface area (Å²) in [4.78, 5) is 24.6. The second kappa shape index (κ2) is 68.8. The third kappa shape index (κ3) is 65.4. The third-order valence-electron chi connectivity index (χ3n) is 17.0. The molecule has 0 aromatic heterocycles. The maximum atomic E-state index is 12.5. The molecule has 0 heterocycles. The van der Waals surface area contributed by atoms with Gasteiger partial charge in [-0.05, 0) is 57.8 Å². The molecule has 0 bridgehead atoms. The lowest BCUT2D eigenvalue weighted by Crippen LogP contribution is -2.45. The SMILES string of the molecule is CCCCCCCCCCCCCCCC/C=C/C(O)C(CO)NC(=O)CCCCCCCCCCCCCC/C=C\CCCCCCCCCCCCCCOC(=O)CCCCCCCCCCCCCCCCCCCC. The normalized spacial score (nSPS) is 12.6. The van der Waals surface area contributed by atoms with Crippen LogP contribution in [0.2, 0.25) is 0 Å². The molecule has 0 rings (SSSR count). The molecule has 0 fully saturated rings. The molecule has 6 nitrogen and oxygen atoms in total. The van der Waals surface area contributed by atoms with Crippen molar-refractivity contribution in [3.8, 4) is 0 Å². The van der Waals surface area contributed by atoms with Gasteiger partial charge in [-0.25, -0.2) is 0 Å². The summed E-state index contributed by atoms with van der Waals surface area (Å²) < 4.78 is 5.51. The van der Waals surface area contributed by atoms with Crippen LogP contribution in [0.5, 0.6) is 0 Å². The molecule has 0 saturated carbocycles. The van der Waals surface area contributed by atoms with Gasteiger partial charge in [0.1, 0.15) is 0 Å². The molecule has 0 saturated heterocycles. The van der Waals surface area contributed by atoms with Crippen LogP contribution in [-0.4, -0.2) is 47.4 Å². The van der Waals surface area contributed by atoms with Crippen molar-refractivity contribution in [3.63, 3.8) is 0 Å². The molecule has 2 unspecified atom stereocenters. The van der Waals surface area contributed by atoms with Crippen molar-refractivity contribution in [2.24, 2.45) is 0 Å². The molecule has 1 amide bonds. The quantitative estimate of drug-likeness (QED) is 0.0320. The molecule has 0 spiro atoms. The number of rotatable bonds is 68. The number of aliphatic hydroxyl groups excluding tert-OH is 2. The highest BCUT2D eigenvalue weighted by Crippen LogP contribution is 2.19. The molecule has 468 valence electrons. The average molecular weight is 1110 g/mol. The molecule has 0 aliphatic rings. The van der Waals surface area contributed by atoms with E-state index in [2.05, 4.69) is 31.3 Å². The van der Waals surface area contributed by atoms with E-state index in [1.807, 2.05) is 6.08 Å². The summed E-state index contributed by atoms with van der Waals surface area (Å²) in [7, 11) is 0. The first-order chi connectivity index (χ1) is 39.0. The van der Waals surface area contributed by atoms with Gasteiger partial charge in [-0.15, -0.1) is 0 Å². The third-order valence-corrected chi connectivity index (χ3v) is 17.0. The minimum Gasteiger partial charge on any atom is -0.466 e. The maximum absolute atomic E-state index is 12.5. The van der Waals surface area contributed by atoms with Gasteiger partial charge in [0.25, 0.3) is 0 Å². The zero-order valence-electron chi connectivity index (χ0n) is 53.6. The summed E-state index contributed by atoms with van der Waals surface area (Å²) in [6.07, 6.45) is 86.9. The molecule has 0 aromatic rings. The van der Waals surface area contributed by atoms with Crippen molar-refractivity contribution in [1.29, 1.82) is 0 Å². The molecule has 0 aliphatic carbocycles. The summed E-state index contributed by atoms with van der Waals surface area (Å²) in [5.74, 6) is -0.0444. The van der Waals surface area contributed by atoms with Crippen LogP contribution in [-0.2, 0) is 14.3 Å². The van der Waals surface area contributed by atoms with Crippen molar-refractivity contribution in [2.45, 2.75) is 418 Å². The predicted molar refractivity (Wildman–Crippen MR) is 347 cm³/mol. The minimum atomic E-state index is -0.844. The fourth-order valence-corrected chi connectivity index (χ4v) is 11.5. The lowest BCUT2D eigenvalue weighted by atomic mass is 10.0. The molecule has 2 atom stereocenters. The van der Waals surface area contributed by atoms with Gasteiger partial charge in [0, 0.05) is 12.8 Å². The Hall–Kier alpha value is -1.66. The van der Waals surface area contributed by atoms with E-state index in [4.69, 9.17) is 4.74 Å². The predicted octanol–water partition coefficient (Wildman–Crippen LogP) is 23.3. The highest BCUT2D eigenvalue weighted by molar-refractivity contribution is 5.76. The topological polar surface area (TPSA) is 95.9 Å². The van der Waals surface area contributed by atoms with Gasteiger partial charge >= 0.3 is 5.97 Å². The minimum absolute atomic E-state index is 0.0206. The van der Waals surface area contributed by atoms with Gasteiger partial charge in [-0.3, -0.25) is 9.59 Å². The standard InChI is InChI=1S/C73H141NO5/c1-3-5-7-9-11-13-15-17-19-21-35-39-43-47-51-55-59-63-67-73(78)79-68-64-60-56-52-48-44-40-36-33-31-29-27-25-23-22-24-26-28-30-32-34-38-42-46-50-54-58-62-66-72(77)74-70(69-75)71(76)65-61-57-53-49-45-41-37-20-18-16-14-12-10-8-6-4-2/h22-23,61,65,70-71,75-76H,3-21,24-60,62-64,66-69H2,1-2H3,(H,74,77)/b23-22-,65-61+. The first kappa shape index (κ1) is 77.3. The second-order valence-corrected chi connectivity index (χ2v) is 24.9. The van der Waals surface area contributed by atoms with E-state index in [1.54, 1.807) is 6.08 Å². The van der Waals surface area contributed by atoms with E-state index < -0.39 is 12.1 Å². The zero-order chi connectivity index (χ0) is 57.1. The summed E-state index contributed by atoms with van der Waals surface area (Å²) in [6.45, 7) is 4.95. The lowest BCUT2D eigenvalue weighted by molar-refractivity contribution is -0.143. The van der Waals surface area contributed by atoms with E-state index in [0.29, 0.717) is 19.4 Å². The number of nitrogens with one attached hydrogen (secondary N) is 1. The molecule has 0 radical (unpaired) electrons. The highest BCUT2D eigenvalue weighted by atomic mass is 16.5. The Morgan fingerprint density at radius 2 is 0.595 bits per heavy atom. The Morgan fingerprint density at radius 1 is 0.342 bits per heavy atom. The lowest BCUT2D eigenvalue weighted by Gasteiger charge is -2.20. The van der Waals surface area contributed by atoms with Crippen molar-refractivity contribution in [2.75, 3.05) is 13.2 Å². The fourth-order valence-electron chi connectivity index (χ4n) is 11.5. The Bertz CT molecular complexity index is 1230. The fraction of sp³-hybridized carbons (Fsp3) is 0.918. The molecular formula is C73H141NO5. The van der Waals surface area contributed by atoms with Crippen molar-refractivity contribution < 1.29 is 24.5 Å². The molecular weight excluding hydrogens is 971 g/mol. The van der Waals surface area contributed by atoms with Crippen LogP contribution < -0.4 is 5.32 Å². The Kier molecular flexibility index (Phi) is 67.4. The number of carbonyl (C=O) groups excluding carboxylic acids is 2. The van der Waals surface area contributed by atoms with Crippen LogP contribution in [0, 0.1) is 0 Å². The number of esters is 1. The first-order valence-electron chi connectivity index (χ1n) is 36.1. The monoisotopic (exact) mass is 1110 g/mol. The van der Waals surface area contributed by atoms with Gasteiger partial charge in [0.05, 0.1) is 25.4 Å². The van der Waals surface area contributed by atoms with Gasteiger partial charge in [0.2, 0.25) is 5.91 Å². The van der Waals surface area contributed by atoms with Crippen LogP contribution in [0.1, 0.15) is 406 Å². The smallest absolute Gasteiger partial charge is 0.305 e. The van der Waals surface area contributed by atoms with E-state index in [0.717, 1.165) is 38.5 Å². The Labute approximate surface area is 494 Å². The molecule has 0 aliphatic heterocycles. The number of allylic oxidation sites excluding steroid dienone is 3. The largest absolute Gasteiger partial charge is 0.466 e. The molecule has 79 heavy (non-hydrogen) atoms. The van der Waals surface area contributed by atoms with Crippen LogP contribution in [0.15, 0.2) is 24.3 Å². The number of hydrogen-bond donors (Lipinski definition) is 3. The summed E-state index contributed by atoms with van der Waals surface area (Å²) in [6, 6.07) is -0.628. The summed E-state index contributed by atoms with van der Waals surface area (Å²) >= 11 is 0. The average Bonchev–Trinajstić information content (AvgIpc) is 3.45. The number of amides is 1. The zero-order valence-corrected chi connectivity index (χ0v) is 53.6. The summed E-state index contributed by atoms with van der Waals surface area (Å²) in [5, 5.41) is 23.2. The van der Waals surface area contributed by atoms with Crippen LogP contribution in [0.3, 0.4) is 0 Å². The van der Waals surface area contributed by atoms with Crippen molar-refractivity contribution in [1.82, 2.24) is 5.32 Å². The molecule has 6 heteroatoms. The van der Waals surface area contributed by atoms with Crippen molar-refractivity contribution in [3.05, 3.63) is 24.3 Å². The Morgan fingerprint density at radius 3 is 0.899 bits per heavy atom. The van der Waals surface area contributed by atoms with Crippen LogP contribution >= 0.6 is 0 Å². The number of carbonyl (C=O) groups is 2.